The summed E-state index contributed by atoms with van der Waals surface area (Å²) in [4.78, 5) is 50.1. The number of benzene rings is 2. The summed E-state index contributed by atoms with van der Waals surface area (Å²) in [6.07, 6.45) is -0.811. The van der Waals surface area contributed by atoms with Crippen LogP contribution in [0.2, 0.25) is 0 Å². The van der Waals surface area contributed by atoms with Crippen molar-refractivity contribution in [3.63, 3.8) is 0 Å². The summed E-state index contributed by atoms with van der Waals surface area (Å²) < 4.78 is 19.7. The molecule has 0 saturated carbocycles. The van der Waals surface area contributed by atoms with Gasteiger partial charge in [0, 0.05) is 24.3 Å². The zero-order chi connectivity index (χ0) is 25.5. The van der Waals surface area contributed by atoms with Gasteiger partial charge in [0.15, 0.2) is 5.75 Å². The molecule has 1 aliphatic heterocycles. The van der Waals surface area contributed by atoms with Gasteiger partial charge in [0.2, 0.25) is 6.10 Å². The van der Waals surface area contributed by atoms with Crippen molar-refractivity contribution >= 4 is 182 Å². The maximum absolute atomic E-state index is 13.5. The van der Waals surface area contributed by atoms with E-state index in [1.165, 1.54) is 0 Å². The quantitative estimate of drug-likeness (QED) is 0.122. The fourth-order valence-corrected chi connectivity index (χ4v) is 10.5. The molecule has 34 heavy (non-hydrogen) atoms. The van der Waals surface area contributed by atoms with Gasteiger partial charge in [-0.3, -0.25) is 0 Å². The molecule has 0 radical (unpaired) electrons. The smallest absolute Gasteiger partial charge is 0.347 e. The van der Waals surface area contributed by atoms with Crippen molar-refractivity contribution in [3.05, 3.63) is 47.7 Å². The molecule has 15 heteroatoms. The summed E-state index contributed by atoms with van der Waals surface area (Å²) in [5.74, 6) is -3.38. The maximum Gasteiger partial charge on any atom is 0.347 e. The van der Waals surface area contributed by atoms with E-state index in [1.807, 2.05) is 113 Å². The van der Waals surface area contributed by atoms with E-state index >= 15 is 0 Å². The Morgan fingerprint density at radius 3 is 1.88 bits per heavy atom. The number of hydrogen-bond donors (Lipinski definition) is 1. The van der Waals surface area contributed by atoms with Crippen molar-refractivity contribution in [3.8, 4) is 5.75 Å². The molecule has 1 aliphatic rings. The van der Waals surface area contributed by atoms with Crippen molar-refractivity contribution < 1.29 is 38.5 Å². The first-order valence-electron chi connectivity index (χ1n) is 8.73. The molecule has 180 valence electrons. The van der Waals surface area contributed by atoms with E-state index < -0.39 is 30.0 Å². The third-order valence-electron chi connectivity index (χ3n) is 4.35. The number of aromatic carboxylic acids is 1. The van der Waals surface area contributed by atoms with Crippen LogP contribution >= 0.6 is 158 Å². The second-order valence-corrected chi connectivity index (χ2v) is 14.1. The molecule has 2 aromatic carbocycles. The molecule has 2 aromatic rings. The number of cyclic esters (lactones) is 1. The van der Waals surface area contributed by atoms with Crippen LogP contribution in [0.25, 0.3) is 0 Å². The van der Waals surface area contributed by atoms with Gasteiger partial charge in [0.25, 0.3) is 0 Å². The van der Waals surface area contributed by atoms with Crippen LogP contribution in [0.5, 0.6) is 5.75 Å². The lowest BCUT2D eigenvalue weighted by atomic mass is 10.1. The lowest BCUT2D eigenvalue weighted by Gasteiger charge is -2.18. The predicted octanol–water partition coefficient (Wildman–Crippen LogP) is 6.31. The van der Waals surface area contributed by atoms with Crippen LogP contribution in [0.4, 0.5) is 0 Å². The van der Waals surface area contributed by atoms with Gasteiger partial charge in [0.05, 0.1) is 30.4 Å². The molecular formula is C19H7I7O8. The van der Waals surface area contributed by atoms with Gasteiger partial charge in [-0.2, -0.15) is 0 Å². The molecule has 1 heterocycles. The largest absolute Gasteiger partial charge is 0.478 e. The lowest BCUT2D eigenvalue weighted by Crippen LogP contribution is -2.27. The average Bonchev–Trinajstić information content (AvgIpc) is 3.15. The van der Waals surface area contributed by atoms with Gasteiger partial charge in [-0.15, -0.1) is 0 Å². The topological polar surface area (TPSA) is 116 Å². The molecule has 3 rings (SSSR count). The van der Waals surface area contributed by atoms with Crippen molar-refractivity contribution in [1.82, 2.24) is 0 Å². The van der Waals surface area contributed by atoms with Crippen molar-refractivity contribution in [2.75, 3.05) is 6.61 Å². The van der Waals surface area contributed by atoms with Crippen LogP contribution in [0.1, 0.15) is 37.5 Å². The highest BCUT2D eigenvalue weighted by molar-refractivity contribution is 14.1. The number of halogens is 7. The fraction of sp³-hybridized carbons (Fsp3) is 0.158. The van der Waals surface area contributed by atoms with E-state index in [-0.39, 0.29) is 39.0 Å². The summed E-state index contributed by atoms with van der Waals surface area (Å²) in [7, 11) is 0. The predicted molar refractivity (Wildman–Crippen MR) is 179 cm³/mol. The number of carbonyl (C=O) groups is 4. The van der Waals surface area contributed by atoms with E-state index in [1.54, 1.807) is 6.07 Å². The first-order valence-corrected chi connectivity index (χ1v) is 16.3. The van der Waals surface area contributed by atoms with E-state index in [4.69, 9.17) is 14.2 Å². The SMILES string of the molecule is O=C(O)c1c(I)cc(I)c(OC(=O)c2c(I)c(I)c(I)c(I)c2C(=O)OC2CCOC2=O)c1I. The number of hydrogen-bond acceptors (Lipinski definition) is 7. The minimum atomic E-state index is -1.15. The molecule has 0 spiro atoms. The Kier molecular flexibility index (Phi) is 11.0. The van der Waals surface area contributed by atoms with Gasteiger partial charge in [-0.1, -0.05) is 0 Å². The normalized spacial score (nSPS) is 15.1. The highest BCUT2D eigenvalue weighted by Gasteiger charge is 2.36. The number of rotatable bonds is 5. The molecule has 0 aromatic heterocycles. The Morgan fingerprint density at radius 2 is 1.38 bits per heavy atom. The van der Waals surface area contributed by atoms with E-state index in [2.05, 4.69) is 45.2 Å². The molecule has 1 unspecified atom stereocenters. The molecule has 1 saturated heterocycles. The Morgan fingerprint density at radius 1 is 0.824 bits per heavy atom. The van der Waals surface area contributed by atoms with Crippen molar-refractivity contribution in [2.45, 2.75) is 12.5 Å². The molecule has 1 N–H and O–H groups in total. The third kappa shape index (κ3) is 6.18. The summed E-state index contributed by atoms with van der Waals surface area (Å²) in [5, 5.41) is 9.58. The third-order valence-corrected chi connectivity index (χ3v) is 14.4. The van der Waals surface area contributed by atoms with E-state index in [9.17, 15) is 24.3 Å². The zero-order valence-corrected chi connectivity index (χ0v) is 31.1. The van der Waals surface area contributed by atoms with Crippen LogP contribution < -0.4 is 4.74 Å². The minimum Gasteiger partial charge on any atom is -0.478 e. The average molecular weight is 1250 g/mol. The van der Waals surface area contributed by atoms with Crippen LogP contribution in [0.3, 0.4) is 0 Å². The Hall–Kier alpha value is 1.43. The second-order valence-electron chi connectivity index (χ2n) is 6.41. The molecule has 1 fully saturated rings. The van der Waals surface area contributed by atoms with Crippen LogP contribution in [-0.4, -0.2) is 41.7 Å². The van der Waals surface area contributed by atoms with Crippen molar-refractivity contribution in [1.29, 1.82) is 0 Å². The van der Waals surface area contributed by atoms with Crippen LogP contribution in [-0.2, 0) is 14.3 Å². The minimum absolute atomic E-state index is 0.0188. The summed E-state index contributed by atoms with van der Waals surface area (Å²) in [5.41, 5.74) is -0.0213. The Labute approximate surface area is 288 Å². The first kappa shape index (κ1) is 30.0. The highest BCUT2D eigenvalue weighted by atomic mass is 127. The molecule has 0 amide bonds. The van der Waals surface area contributed by atoms with E-state index in [0.29, 0.717) is 14.3 Å². The summed E-state index contributed by atoms with van der Waals surface area (Å²) >= 11 is 13.8. The van der Waals surface area contributed by atoms with Crippen LogP contribution in [0, 0.1) is 25.0 Å². The molecule has 8 nitrogen and oxygen atoms in total. The fourth-order valence-electron chi connectivity index (χ4n) is 2.79. The summed E-state index contributed by atoms with van der Waals surface area (Å²) in [6, 6.07) is 1.60. The van der Waals surface area contributed by atoms with Gasteiger partial charge < -0.3 is 19.3 Å². The Bertz CT molecular complexity index is 1260. The zero-order valence-electron chi connectivity index (χ0n) is 16.0. The van der Waals surface area contributed by atoms with Gasteiger partial charge in [-0.25, -0.2) is 19.2 Å². The second kappa shape index (κ2) is 12.5. The molecule has 1 atom stereocenters. The number of carboxylic acids is 1. The van der Waals surface area contributed by atoms with Crippen LogP contribution in [0.15, 0.2) is 6.07 Å². The number of carboxylic acid groups (broad SMARTS) is 1. The molecular weight excluding hydrogens is 1240 g/mol. The standard InChI is InChI=1S/C19H7I7O8/c20-4-3-5(21)15(12(24)7(4)16(27)28)34-19(31)9-8(10(22)13(25)14(26)11(9)23)18(30)33-6-1-2-32-17(6)29/h3,6H,1-2H2,(H,27,28). The van der Waals surface area contributed by atoms with Gasteiger partial charge >= 0.3 is 23.9 Å². The monoisotopic (exact) mass is 1250 g/mol. The molecule has 0 aliphatic carbocycles. The molecule has 0 bridgehead atoms. The first-order chi connectivity index (χ1) is 15.9. The number of carbonyl (C=O) groups excluding carboxylic acids is 3. The highest BCUT2D eigenvalue weighted by Crippen LogP contribution is 2.37. The van der Waals surface area contributed by atoms with E-state index in [0.717, 1.165) is 7.14 Å². The number of ether oxygens (including phenoxy) is 3. The summed E-state index contributed by atoms with van der Waals surface area (Å²) in [6.45, 7) is 0.153. The number of esters is 3. The maximum atomic E-state index is 13.5. The van der Waals surface area contributed by atoms with Gasteiger partial charge in [-0.05, 0) is 164 Å². The lowest BCUT2D eigenvalue weighted by molar-refractivity contribution is -0.145. The van der Waals surface area contributed by atoms with Gasteiger partial charge in [0.1, 0.15) is 0 Å². The Balaban J connectivity index is 2.12. The van der Waals surface area contributed by atoms with Crippen molar-refractivity contribution in [2.24, 2.45) is 0 Å².